The highest BCUT2D eigenvalue weighted by molar-refractivity contribution is 6.01. The maximum Gasteiger partial charge on any atom is 0.337 e. The molecule has 0 amide bonds. The van der Waals surface area contributed by atoms with E-state index in [1.807, 2.05) is 51.2 Å². The summed E-state index contributed by atoms with van der Waals surface area (Å²) >= 11 is 0. The molecule has 1 fully saturated rings. The second-order valence-electron chi connectivity index (χ2n) is 21.0. The Hall–Kier alpha value is -8.74. The van der Waals surface area contributed by atoms with Crippen LogP contribution >= 0.6 is 0 Å². The van der Waals surface area contributed by atoms with Gasteiger partial charge in [-0.05, 0) is 95.8 Å². The van der Waals surface area contributed by atoms with Gasteiger partial charge < -0.3 is 34.5 Å². The fourth-order valence-corrected chi connectivity index (χ4v) is 11.0. The normalized spacial score (nSPS) is 17.4. The van der Waals surface area contributed by atoms with Crippen LogP contribution in [0.25, 0.3) is 0 Å². The SMILES string of the molecule is COC(=O)C1=C(C)NC(C)=C(C(=O)OC(C)(C)CN(C)CCC(c2ccccc2)c2ccccc2)C1c1cccc([N+](=O)[O-])c1.COC(=O)C1=C(C)NC(C)=C(C(=O)O[C@H]2CCN(Cc3ccccc3)C2)[C@H]1c1cccc([N+](=O)[O-])c1. The summed E-state index contributed by atoms with van der Waals surface area (Å²) in [4.78, 5) is 79.6. The van der Waals surface area contributed by atoms with Crippen molar-refractivity contribution in [1.82, 2.24) is 20.4 Å². The number of nitro benzene ring substituents is 2. The smallest absolute Gasteiger partial charge is 0.337 e. The molecule has 424 valence electrons. The topological polar surface area (TPSA) is 222 Å². The number of carbonyl (C=O) groups is 4. The lowest BCUT2D eigenvalue weighted by molar-refractivity contribution is -0.385. The predicted molar refractivity (Wildman–Crippen MR) is 306 cm³/mol. The highest BCUT2D eigenvalue weighted by Gasteiger charge is 2.42. The lowest BCUT2D eigenvalue weighted by atomic mass is 9.80. The Morgan fingerprint density at radius 1 is 0.630 bits per heavy atom. The molecule has 81 heavy (non-hydrogen) atoms. The molecule has 1 saturated heterocycles. The minimum Gasteiger partial charge on any atom is -0.466 e. The summed E-state index contributed by atoms with van der Waals surface area (Å²) in [5.41, 5.74) is 6.24. The van der Waals surface area contributed by atoms with Crippen molar-refractivity contribution in [2.24, 2.45) is 0 Å². The van der Waals surface area contributed by atoms with Gasteiger partial charge in [-0.3, -0.25) is 25.1 Å². The molecule has 5 aromatic rings. The molecule has 1 unspecified atom stereocenters. The summed E-state index contributed by atoms with van der Waals surface area (Å²) in [5.74, 6) is -4.01. The summed E-state index contributed by atoms with van der Waals surface area (Å²) in [6.45, 7) is 13.9. The van der Waals surface area contributed by atoms with E-state index in [1.54, 1.807) is 39.8 Å². The van der Waals surface area contributed by atoms with Crippen LogP contribution in [0.3, 0.4) is 0 Å². The Bertz CT molecular complexity index is 3220. The lowest BCUT2D eigenvalue weighted by Gasteiger charge is -2.34. The summed E-state index contributed by atoms with van der Waals surface area (Å²) < 4.78 is 22.1. The molecule has 3 aliphatic heterocycles. The van der Waals surface area contributed by atoms with Crippen LogP contribution in [0.5, 0.6) is 0 Å². The first-order valence-corrected chi connectivity index (χ1v) is 26.7. The third kappa shape index (κ3) is 14.9. The number of dihydropyridines is 2. The van der Waals surface area contributed by atoms with Gasteiger partial charge in [0, 0.05) is 79.2 Å². The Morgan fingerprint density at radius 3 is 1.51 bits per heavy atom. The Balaban J connectivity index is 0.000000239. The van der Waals surface area contributed by atoms with Crippen molar-refractivity contribution in [3.63, 3.8) is 0 Å². The van der Waals surface area contributed by atoms with Crippen LogP contribution in [0.4, 0.5) is 11.4 Å². The quantitative estimate of drug-likeness (QED) is 0.0340. The van der Waals surface area contributed by atoms with Gasteiger partial charge in [-0.1, -0.05) is 115 Å². The number of carbonyl (C=O) groups excluding carboxylic acids is 4. The molecule has 0 bridgehead atoms. The van der Waals surface area contributed by atoms with Gasteiger partial charge in [-0.15, -0.1) is 0 Å². The molecule has 0 aromatic heterocycles. The van der Waals surface area contributed by atoms with Crippen LogP contribution in [0, 0.1) is 20.2 Å². The lowest BCUT2D eigenvalue weighted by Crippen LogP contribution is -2.42. The van der Waals surface area contributed by atoms with Gasteiger partial charge in [-0.2, -0.15) is 0 Å². The van der Waals surface area contributed by atoms with Gasteiger partial charge in [0.05, 0.1) is 58.2 Å². The predicted octanol–water partition coefficient (Wildman–Crippen LogP) is 10.3. The average molecular weight is 1100 g/mol. The first-order valence-electron chi connectivity index (χ1n) is 26.7. The number of benzene rings is 5. The van der Waals surface area contributed by atoms with E-state index in [4.69, 9.17) is 18.9 Å². The highest BCUT2D eigenvalue weighted by Crippen LogP contribution is 2.42. The van der Waals surface area contributed by atoms with Crippen LogP contribution in [-0.4, -0.2) is 103 Å². The first kappa shape index (κ1) is 59.9. The van der Waals surface area contributed by atoms with Gasteiger partial charge in [0.15, 0.2) is 0 Å². The number of hydrogen-bond acceptors (Lipinski definition) is 16. The monoisotopic (exact) mass is 1100 g/mol. The molecule has 5 aromatic carbocycles. The van der Waals surface area contributed by atoms with E-state index in [0.717, 1.165) is 26.1 Å². The molecule has 0 saturated carbocycles. The van der Waals surface area contributed by atoms with E-state index >= 15 is 0 Å². The zero-order valence-electron chi connectivity index (χ0n) is 47.2. The van der Waals surface area contributed by atoms with E-state index in [2.05, 4.69) is 81.1 Å². The van der Waals surface area contributed by atoms with Crippen molar-refractivity contribution >= 4 is 35.3 Å². The number of hydrogen-bond donors (Lipinski definition) is 2. The number of esters is 4. The molecule has 0 spiro atoms. The van der Waals surface area contributed by atoms with E-state index in [0.29, 0.717) is 53.4 Å². The number of nitrogens with zero attached hydrogens (tertiary/aromatic N) is 4. The minimum absolute atomic E-state index is 0.134. The van der Waals surface area contributed by atoms with Crippen LogP contribution in [0.2, 0.25) is 0 Å². The van der Waals surface area contributed by atoms with E-state index in [9.17, 15) is 39.4 Å². The van der Waals surface area contributed by atoms with E-state index in [1.165, 1.54) is 67.3 Å². The van der Waals surface area contributed by atoms with E-state index < -0.39 is 51.2 Å². The zero-order valence-corrected chi connectivity index (χ0v) is 47.2. The molecule has 3 aliphatic rings. The average Bonchev–Trinajstić information content (AvgIpc) is 3.87. The van der Waals surface area contributed by atoms with Crippen LogP contribution in [0.1, 0.15) is 100.0 Å². The third-order valence-electron chi connectivity index (χ3n) is 14.6. The van der Waals surface area contributed by atoms with Gasteiger partial charge in [-0.25, -0.2) is 19.2 Å². The third-order valence-corrected chi connectivity index (χ3v) is 14.6. The second-order valence-corrected chi connectivity index (χ2v) is 21.0. The van der Waals surface area contributed by atoms with Gasteiger partial charge in [0.1, 0.15) is 11.7 Å². The Labute approximate surface area is 472 Å². The highest BCUT2D eigenvalue weighted by atomic mass is 16.6. The number of non-ortho nitro benzene ring substituents is 2. The van der Waals surface area contributed by atoms with Crippen molar-refractivity contribution in [3.8, 4) is 0 Å². The van der Waals surface area contributed by atoms with Crippen LogP contribution < -0.4 is 10.6 Å². The summed E-state index contributed by atoms with van der Waals surface area (Å²) in [7, 11) is 4.52. The number of ether oxygens (including phenoxy) is 4. The number of nitro groups is 2. The molecule has 3 atom stereocenters. The number of likely N-dealkylation sites (tertiary alicyclic amines) is 1. The van der Waals surface area contributed by atoms with Crippen molar-refractivity contribution in [2.75, 3.05) is 47.4 Å². The van der Waals surface area contributed by atoms with Gasteiger partial charge >= 0.3 is 23.9 Å². The van der Waals surface area contributed by atoms with Crippen molar-refractivity contribution < 1.29 is 48.0 Å². The summed E-state index contributed by atoms with van der Waals surface area (Å²) in [6.07, 6.45) is 1.25. The number of likely N-dealkylation sites (N-methyl/N-ethyl adjacent to an activating group) is 1. The van der Waals surface area contributed by atoms with Crippen LogP contribution in [0.15, 0.2) is 185 Å². The van der Waals surface area contributed by atoms with Crippen molar-refractivity contribution in [1.29, 1.82) is 0 Å². The maximum atomic E-state index is 14.0. The molecule has 18 heteroatoms. The molecule has 0 radical (unpaired) electrons. The van der Waals surface area contributed by atoms with E-state index in [-0.39, 0.29) is 45.7 Å². The number of methoxy groups -OCH3 is 2. The Kier molecular flexibility index (Phi) is 19.9. The van der Waals surface area contributed by atoms with Crippen molar-refractivity contribution in [3.05, 3.63) is 233 Å². The molecule has 8 rings (SSSR count). The second kappa shape index (κ2) is 26.9. The molecule has 2 N–H and O–H groups in total. The summed E-state index contributed by atoms with van der Waals surface area (Å²) in [6, 6.07) is 42.8. The molecular formula is C63H70N6O12. The molecule has 0 aliphatic carbocycles. The maximum absolute atomic E-state index is 14.0. The first-order chi connectivity index (χ1) is 38.7. The number of allylic oxidation sites excluding steroid dienone is 4. The fraction of sp³-hybridized carbons (Fsp3) is 0.333. The summed E-state index contributed by atoms with van der Waals surface area (Å²) in [5, 5.41) is 29.2. The number of rotatable bonds is 19. The largest absolute Gasteiger partial charge is 0.466 e. The van der Waals surface area contributed by atoms with Crippen molar-refractivity contribution in [2.45, 2.75) is 90.4 Å². The van der Waals surface area contributed by atoms with Crippen LogP contribution in [-0.2, 0) is 44.7 Å². The Morgan fingerprint density at radius 2 is 1.06 bits per heavy atom. The minimum atomic E-state index is -0.919. The molecule has 18 nitrogen and oxygen atoms in total. The van der Waals surface area contributed by atoms with Gasteiger partial charge in [0.25, 0.3) is 11.4 Å². The molecular weight excluding hydrogens is 1030 g/mol. The zero-order chi connectivity index (χ0) is 58.5. The van der Waals surface area contributed by atoms with Gasteiger partial charge in [0.2, 0.25) is 0 Å². The number of nitrogens with one attached hydrogen (secondary N) is 2. The fourth-order valence-electron chi connectivity index (χ4n) is 11.0. The molecule has 3 heterocycles. The standard InChI is InChI=1S/C36H41N3O6.C27H29N3O6/c1-24-31(34(40)44-6)33(28-18-13-19-29(22-28)39(42)43)32(25(2)37-24)35(41)45-36(3,4)23-38(5)21-20-30(26-14-9-7-10-15-26)27-16-11-8-12-17-27;1-17-23(26(31)35-3)25(20-10-7-11-21(14-20)30(33)34)24(18(2)28-17)27(32)36-22-12-13-29(16-22)15-19-8-5-4-6-9-19/h7-19,22,30,33,37H,20-21,23H2,1-6H3;4-11,14,22,25,28H,12-13,15-16H2,1-3H3/t;22-,25-/m.0/s1.